The topological polar surface area (TPSA) is 32.3 Å². The fourth-order valence-corrected chi connectivity index (χ4v) is 3.13. The number of hydrogen-bond donors (Lipinski definition) is 2. The van der Waals surface area contributed by atoms with Crippen LogP contribution in [0.25, 0.3) is 0 Å². The SMILES string of the molecule is Cc1cc(NC(C)c2ccc3c(c2)CCC3)c(C)cc1O. The van der Waals surface area contributed by atoms with Crippen molar-refractivity contribution >= 4 is 5.69 Å². The van der Waals surface area contributed by atoms with Crippen molar-refractivity contribution in [1.82, 2.24) is 0 Å². The summed E-state index contributed by atoms with van der Waals surface area (Å²) in [5.41, 5.74) is 7.44. The first-order chi connectivity index (χ1) is 10.0. The van der Waals surface area contributed by atoms with Gasteiger partial charge in [0.2, 0.25) is 0 Å². The molecule has 2 aromatic carbocycles. The first kappa shape index (κ1) is 14.0. The third kappa shape index (κ3) is 2.76. The Hall–Kier alpha value is -1.96. The molecule has 0 saturated heterocycles. The molecule has 2 heteroatoms. The number of anilines is 1. The minimum absolute atomic E-state index is 0.263. The van der Waals surface area contributed by atoms with E-state index in [-0.39, 0.29) is 6.04 Å². The van der Waals surface area contributed by atoms with Crippen LogP contribution in [-0.4, -0.2) is 5.11 Å². The molecule has 0 aromatic heterocycles. The van der Waals surface area contributed by atoms with Crippen LogP contribution < -0.4 is 5.32 Å². The highest BCUT2D eigenvalue weighted by atomic mass is 16.3. The average Bonchev–Trinajstić information content (AvgIpc) is 2.92. The van der Waals surface area contributed by atoms with Crippen LogP contribution >= 0.6 is 0 Å². The Balaban J connectivity index is 1.83. The number of phenols is 1. The maximum Gasteiger partial charge on any atom is 0.118 e. The van der Waals surface area contributed by atoms with Gasteiger partial charge in [-0.25, -0.2) is 0 Å². The summed E-state index contributed by atoms with van der Waals surface area (Å²) in [5.74, 6) is 0.364. The molecule has 3 rings (SSSR count). The lowest BCUT2D eigenvalue weighted by molar-refractivity contribution is 0.470. The molecule has 0 aliphatic heterocycles. The minimum atomic E-state index is 0.263. The van der Waals surface area contributed by atoms with Crippen LogP contribution in [0.1, 0.15) is 47.2 Å². The molecule has 0 radical (unpaired) electrons. The van der Waals surface area contributed by atoms with Crippen LogP contribution in [0, 0.1) is 13.8 Å². The molecule has 0 fully saturated rings. The predicted octanol–water partition coefficient (Wildman–Crippen LogP) is 4.67. The van der Waals surface area contributed by atoms with Gasteiger partial charge >= 0.3 is 0 Å². The highest BCUT2D eigenvalue weighted by Gasteiger charge is 2.14. The number of phenolic OH excluding ortho intramolecular Hbond substituents is 1. The van der Waals surface area contributed by atoms with Gasteiger partial charge in [-0.05, 0) is 80.0 Å². The molecule has 0 spiro atoms. The van der Waals surface area contributed by atoms with Gasteiger partial charge in [-0.2, -0.15) is 0 Å². The number of nitrogens with one attached hydrogen (secondary N) is 1. The average molecular weight is 281 g/mol. The monoisotopic (exact) mass is 281 g/mol. The van der Waals surface area contributed by atoms with Crippen molar-refractivity contribution in [2.45, 2.75) is 46.1 Å². The Kier molecular flexibility index (Phi) is 3.62. The smallest absolute Gasteiger partial charge is 0.118 e. The van der Waals surface area contributed by atoms with E-state index in [2.05, 4.69) is 30.4 Å². The highest BCUT2D eigenvalue weighted by Crippen LogP contribution is 2.30. The quantitative estimate of drug-likeness (QED) is 0.801. The summed E-state index contributed by atoms with van der Waals surface area (Å²) in [7, 11) is 0. The van der Waals surface area contributed by atoms with Gasteiger partial charge in [-0.3, -0.25) is 0 Å². The maximum absolute atomic E-state index is 9.75. The summed E-state index contributed by atoms with van der Waals surface area (Å²) in [6, 6.07) is 11.0. The molecule has 1 unspecified atom stereocenters. The molecule has 0 heterocycles. The molecule has 1 aliphatic rings. The first-order valence-corrected chi connectivity index (χ1v) is 7.73. The zero-order chi connectivity index (χ0) is 15.0. The molecular formula is C19H23NO. The normalized spacial score (nSPS) is 14.8. The van der Waals surface area contributed by atoms with Crippen LogP contribution in [0.2, 0.25) is 0 Å². The highest BCUT2D eigenvalue weighted by molar-refractivity contribution is 5.57. The van der Waals surface area contributed by atoms with E-state index in [0.29, 0.717) is 5.75 Å². The molecule has 0 bridgehead atoms. The standard InChI is InChI=1S/C19H23NO/c1-12-10-19(21)13(2)9-18(12)20-14(3)16-8-7-15-5-4-6-17(15)11-16/h7-11,14,20-21H,4-6H2,1-3H3. The minimum Gasteiger partial charge on any atom is -0.508 e. The molecule has 2 nitrogen and oxygen atoms in total. The molecule has 1 aliphatic carbocycles. The van der Waals surface area contributed by atoms with Crippen molar-refractivity contribution in [3.63, 3.8) is 0 Å². The second kappa shape index (κ2) is 5.44. The zero-order valence-electron chi connectivity index (χ0n) is 13.0. The number of aryl methyl sites for hydroxylation is 4. The predicted molar refractivity (Wildman–Crippen MR) is 88.1 cm³/mol. The molecule has 0 amide bonds. The van der Waals surface area contributed by atoms with Crippen LogP contribution in [-0.2, 0) is 12.8 Å². The van der Waals surface area contributed by atoms with Crippen molar-refractivity contribution in [1.29, 1.82) is 0 Å². The van der Waals surface area contributed by atoms with Crippen LogP contribution in [0.15, 0.2) is 30.3 Å². The summed E-state index contributed by atoms with van der Waals surface area (Å²) in [6.07, 6.45) is 3.73. The van der Waals surface area contributed by atoms with E-state index >= 15 is 0 Å². The molecular weight excluding hydrogens is 258 g/mol. The van der Waals surface area contributed by atoms with Gasteiger partial charge in [0.1, 0.15) is 5.75 Å². The zero-order valence-corrected chi connectivity index (χ0v) is 13.0. The van der Waals surface area contributed by atoms with E-state index in [1.54, 1.807) is 0 Å². The van der Waals surface area contributed by atoms with Gasteiger partial charge in [-0.1, -0.05) is 18.2 Å². The molecule has 1 atom stereocenters. The van der Waals surface area contributed by atoms with Gasteiger partial charge in [0.15, 0.2) is 0 Å². The molecule has 21 heavy (non-hydrogen) atoms. The lowest BCUT2D eigenvalue weighted by Gasteiger charge is -2.19. The van der Waals surface area contributed by atoms with Gasteiger partial charge in [0.25, 0.3) is 0 Å². The third-order valence-electron chi connectivity index (χ3n) is 4.54. The van der Waals surface area contributed by atoms with Crippen molar-refractivity contribution in [3.05, 3.63) is 58.1 Å². The van der Waals surface area contributed by atoms with Gasteiger partial charge in [0.05, 0.1) is 0 Å². The Morgan fingerprint density at radius 2 is 1.76 bits per heavy atom. The number of rotatable bonds is 3. The van der Waals surface area contributed by atoms with Crippen LogP contribution in [0.3, 0.4) is 0 Å². The largest absolute Gasteiger partial charge is 0.508 e. The molecule has 2 aromatic rings. The summed E-state index contributed by atoms with van der Waals surface area (Å²) >= 11 is 0. The third-order valence-corrected chi connectivity index (χ3v) is 4.54. The molecule has 0 saturated carbocycles. The van der Waals surface area contributed by atoms with Gasteiger partial charge in [0, 0.05) is 11.7 Å². The Morgan fingerprint density at radius 1 is 1.00 bits per heavy atom. The lowest BCUT2D eigenvalue weighted by Crippen LogP contribution is -2.08. The van der Waals surface area contributed by atoms with E-state index in [1.165, 1.54) is 36.0 Å². The summed E-state index contributed by atoms with van der Waals surface area (Å²) in [4.78, 5) is 0. The number of aromatic hydroxyl groups is 1. The van der Waals surface area contributed by atoms with E-state index in [1.807, 2.05) is 26.0 Å². The Labute approximate surface area is 126 Å². The van der Waals surface area contributed by atoms with E-state index in [0.717, 1.165) is 16.8 Å². The van der Waals surface area contributed by atoms with Crippen molar-refractivity contribution < 1.29 is 5.11 Å². The number of fused-ring (bicyclic) bond motifs is 1. The fourth-order valence-electron chi connectivity index (χ4n) is 3.13. The van der Waals surface area contributed by atoms with Crippen molar-refractivity contribution in [3.8, 4) is 5.75 Å². The maximum atomic E-state index is 9.75. The summed E-state index contributed by atoms with van der Waals surface area (Å²) in [6.45, 7) is 6.15. The second-order valence-electron chi connectivity index (χ2n) is 6.20. The van der Waals surface area contributed by atoms with Gasteiger partial charge < -0.3 is 10.4 Å². The molecule has 2 N–H and O–H groups in total. The Morgan fingerprint density at radius 3 is 2.57 bits per heavy atom. The summed E-state index contributed by atoms with van der Waals surface area (Å²) in [5, 5.41) is 13.3. The van der Waals surface area contributed by atoms with Crippen molar-refractivity contribution in [2.75, 3.05) is 5.32 Å². The first-order valence-electron chi connectivity index (χ1n) is 7.73. The Bertz CT molecular complexity index is 676. The van der Waals surface area contributed by atoms with Gasteiger partial charge in [-0.15, -0.1) is 0 Å². The van der Waals surface area contributed by atoms with E-state index < -0.39 is 0 Å². The molecule has 110 valence electrons. The van der Waals surface area contributed by atoms with Crippen LogP contribution in [0.4, 0.5) is 5.69 Å². The summed E-state index contributed by atoms with van der Waals surface area (Å²) < 4.78 is 0. The van der Waals surface area contributed by atoms with E-state index in [4.69, 9.17) is 0 Å². The van der Waals surface area contributed by atoms with E-state index in [9.17, 15) is 5.11 Å². The number of benzene rings is 2. The second-order valence-corrected chi connectivity index (χ2v) is 6.20. The lowest BCUT2D eigenvalue weighted by atomic mass is 10.0. The fraction of sp³-hybridized carbons (Fsp3) is 0.368. The van der Waals surface area contributed by atoms with Crippen molar-refractivity contribution in [2.24, 2.45) is 0 Å². The number of hydrogen-bond acceptors (Lipinski definition) is 2. The van der Waals surface area contributed by atoms with Crippen LogP contribution in [0.5, 0.6) is 5.75 Å².